The van der Waals surface area contributed by atoms with E-state index in [0.717, 1.165) is 11.1 Å². The number of anilines is 1. The Hall–Kier alpha value is -2.72. The monoisotopic (exact) mass is 420 g/mol. The Morgan fingerprint density at radius 3 is 2.71 bits per heavy atom. The fraction of sp³-hybridized carbons (Fsp3) is 0.278. The predicted octanol–water partition coefficient (Wildman–Crippen LogP) is 3.14. The minimum absolute atomic E-state index is 0.164. The van der Waals surface area contributed by atoms with Gasteiger partial charge in [0.05, 0.1) is 16.8 Å². The molecule has 28 heavy (non-hydrogen) atoms. The molecule has 3 aromatic rings. The number of sulfonamides is 1. The van der Waals surface area contributed by atoms with Gasteiger partial charge in [-0.3, -0.25) is 9.52 Å². The SMILES string of the molecule is CCN(Cc1nc(-c2cccs2)no1)C(=O)c1cccc(NS(C)(=O)=O)c1C. The second kappa shape index (κ2) is 8.11. The first-order chi connectivity index (χ1) is 13.3. The number of amides is 1. The van der Waals surface area contributed by atoms with E-state index in [2.05, 4.69) is 14.9 Å². The Morgan fingerprint density at radius 2 is 2.07 bits per heavy atom. The van der Waals surface area contributed by atoms with Crippen molar-refractivity contribution in [1.82, 2.24) is 15.0 Å². The minimum Gasteiger partial charge on any atom is -0.337 e. The molecule has 10 heteroatoms. The van der Waals surface area contributed by atoms with Gasteiger partial charge in [0.15, 0.2) is 0 Å². The molecule has 148 valence electrons. The van der Waals surface area contributed by atoms with Gasteiger partial charge in [-0.05, 0) is 43.0 Å². The van der Waals surface area contributed by atoms with Crippen LogP contribution in [0.15, 0.2) is 40.2 Å². The smallest absolute Gasteiger partial charge is 0.254 e. The molecule has 0 aliphatic rings. The number of rotatable bonds is 7. The molecule has 0 unspecified atom stereocenters. The lowest BCUT2D eigenvalue weighted by Crippen LogP contribution is -2.31. The molecule has 0 aliphatic heterocycles. The lowest BCUT2D eigenvalue weighted by molar-refractivity contribution is 0.0734. The van der Waals surface area contributed by atoms with Crippen molar-refractivity contribution in [3.63, 3.8) is 0 Å². The van der Waals surface area contributed by atoms with Gasteiger partial charge in [0.1, 0.15) is 6.54 Å². The molecular weight excluding hydrogens is 400 g/mol. The Morgan fingerprint density at radius 1 is 1.29 bits per heavy atom. The highest BCUT2D eigenvalue weighted by atomic mass is 32.2. The number of nitrogens with zero attached hydrogens (tertiary/aromatic N) is 3. The molecule has 0 radical (unpaired) electrons. The number of hydrogen-bond donors (Lipinski definition) is 1. The molecule has 0 atom stereocenters. The number of hydrogen-bond acceptors (Lipinski definition) is 7. The average Bonchev–Trinajstić information content (AvgIpc) is 3.31. The molecule has 0 spiro atoms. The van der Waals surface area contributed by atoms with Crippen molar-refractivity contribution in [2.24, 2.45) is 0 Å². The largest absolute Gasteiger partial charge is 0.337 e. The summed E-state index contributed by atoms with van der Waals surface area (Å²) in [7, 11) is -3.44. The van der Waals surface area contributed by atoms with E-state index in [4.69, 9.17) is 4.52 Å². The summed E-state index contributed by atoms with van der Waals surface area (Å²) in [4.78, 5) is 19.8. The molecule has 0 saturated heterocycles. The van der Waals surface area contributed by atoms with Gasteiger partial charge in [0.2, 0.25) is 21.7 Å². The first-order valence-electron chi connectivity index (χ1n) is 8.51. The van der Waals surface area contributed by atoms with Crippen molar-refractivity contribution in [2.45, 2.75) is 20.4 Å². The lowest BCUT2D eigenvalue weighted by atomic mass is 10.1. The number of carbonyl (C=O) groups excluding carboxylic acids is 1. The van der Waals surface area contributed by atoms with E-state index in [-0.39, 0.29) is 12.5 Å². The van der Waals surface area contributed by atoms with Crippen LogP contribution in [0.25, 0.3) is 10.7 Å². The van der Waals surface area contributed by atoms with Gasteiger partial charge in [0.25, 0.3) is 5.91 Å². The third kappa shape index (κ3) is 4.57. The van der Waals surface area contributed by atoms with Crippen molar-refractivity contribution >= 4 is 33.0 Å². The highest BCUT2D eigenvalue weighted by Gasteiger charge is 2.21. The van der Waals surface area contributed by atoms with Crippen LogP contribution in [0.3, 0.4) is 0 Å². The number of nitrogens with one attached hydrogen (secondary N) is 1. The third-order valence-electron chi connectivity index (χ3n) is 4.06. The van der Waals surface area contributed by atoms with Crippen LogP contribution in [0.5, 0.6) is 0 Å². The molecule has 1 N–H and O–H groups in total. The fourth-order valence-corrected chi connectivity index (χ4v) is 3.93. The van der Waals surface area contributed by atoms with E-state index in [0.29, 0.717) is 35.1 Å². The van der Waals surface area contributed by atoms with Gasteiger partial charge in [-0.2, -0.15) is 4.98 Å². The fourth-order valence-electron chi connectivity index (χ4n) is 2.66. The van der Waals surface area contributed by atoms with E-state index >= 15 is 0 Å². The van der Waals surface area contributed by atoms with Gasteiger partial charge < -0.3 is 9.42 Å². The Kier molecular flexibility index (Phi) is 5.80. The van der Waals surface area contributed by atoms with E-state index in [1.54, 1.807) is 30.0 Å². The van der Waals surface area contributed by atoms with Gasteiger partial charge in [-0.1, -0.05) is 17.3 Å². The summed E-state index contributed by atoms with van der Waals surface area (Å²) in [5.41, 5.74) is 1.34. The molecule has 0 bridgehead atoms. The van der Waals surface area contributed by atoms with Crippen LogP contribution < -0.4 is 4.72 Å². The van der Waals surface area contributed by atoms with Crippen LogP contribution >= 0.6 is 11.3 Å². The maximum absolute atomic E-state index is 13.0. The first-order valence-corrected chi connectivity index (χ1v) is 11.3. The minimum atomic E-state index is -3.44. The highest BCUT2D eigenvalue weighted by Crippen LogP contribution is 2.24. The van der Waals surface area contributed by atoms with Crippen molar-refractivity contribution in [3.8, 4) is 10.7 Å². The summed E-state index contributed by atoms with van der Waals surface area (Å²) in [5.74, 6) is 0.582. The molecule has 0 fully saturated rings. The highest BCUT2D eigenvalue weighted by molar-refractivity contribution is 7.92. The summed E-state index contributed by atoms with van der Waals surface area (Å²) in [6.45, 7) is 4.15. The zero-order valence-corrected chi connectivity index (χ0v) is 17.3. The number of aromatic nitrogens is 2. The molecular formula is C18H20N4O4S2. The van der Waals surface area contributed by atoms with Crippen LogP contribution in [-0.2, 0) is 16.6 Å². The van der Waals surface area contributed by atoms with Crippen LogP contribution in [0.1, 0.15) is 28.7 Å². The topological polar surface area (TPSA) is 105 Å². The molecule has 0 saturated carbocycles. The van der Waals surface area contributed by atoms with Crippen LogP contribution in [0.2, 0.25) is 0 Å². The van der Waals surface area contributed by atoms with Crippen molar-refractivity contribution in [2.75, 3.05) is 17.5 Å². The summed E-state index contributed by atoms with van der Waals surface area (Å²) in [6, 6.07) is 8.72. The average molecular weight is 421 g/mol. The van der Waals surface area contributed by atoms with Gasteiger partial charge in [-0.15, -0.1) is 11.3 Å². The van der Waals surface area contributed by atoms with Crippen molar-refractivity contribution in [3.05, 3.63) is 52.7 Å². The van der Waals surface area contributed by atoms with Crippen LogP contribution in [-0.4, -0.2) is 42.2 Å². The van der Waals surface area contributed by atoms with E-state index in [1.807, 2.05) is 24.4 Å². The molecule has 8 nitrogen and oxygen atoms in total. The molecule has 0 aliphatic carbocycles. The zero-order chi connectivity index (χ0) is 20.3. The summed E-state index contributed by atoms with van der Waals surface area (Å²) in [6.07, 6.45) is 1.07. The lowest BCUT2D eigenvalue weighted by Gasteiger charge is -2.21. The van der Waals surface area contributed by atoms with E-state index in [1.165, 1.54) is 11.3 Å². The predicted molar refractivity (Wildman–Crippen MR) is 108 cm³/mol. The molecule has 2 heterocycles. The Labute approximate surface area is 167 Å². The van der Waals surface area contributed by atoms with Crippen molar-refractivity contribution in [1.29, 1.82) is 0 Å². The number of carbonyl (C=O) groups is 1. The molecule has 1 amide bonds. The summed E-state index contributed by atoms with van der Waals surface area (Å²) >= 11 is 1.50. The van der Waals surface area contributed by atoms with Gasteiger partial charge in [-0.25, -0.2) is 8.42 Å². The van der Waals surface area contributed by atoms with Gasteiger partial charge in [0, 0.05) is 12.1 Å². The standard InChI is InChI=1S/C18H20N4O4S2/c1-4-22(11-16-19-17(20-26-16)15-9-6-10-27-15)18(23)13-7-5-8-14(12(13)2)21-28(3,24)25/h5-10,21H,4,11H2,1-3H3. The van der Waals surface area contributed by atoms with Crippen LogP contribution in [0, 0.1) is 6.92 Å². The molecule has 2 aromatic heterocycles. The quantitative estimate of drug-likeness (QED) is 0.629. The Balaban J connectivity index is 1.81. The zero-order valence-electron chi connectivity index (χ0n) is 15.7. The molecule has 3 rings (SSSR count). The third-order valence-corrected chi connectivity index (χ3v) is 5.52. The second-order valence-corrected chi connectivity index (χ2v) is 8.86. The van der Waals surface area contributed by atoms with Gasteiger partial charge >= 0.3 is 0 Å². The number of thiophene rings is 1. The number of benzene rings is 1. The normalized spacial score (nSPS) is 11.4. The second-order valence-electron chi connectivity index (χ2n) is 6.16. The molecule has 1 aromatic carbocycles. The maximum atomic E-state index is 13.0. The Bertz CT molecular complexity index is 1070. The summed E-state index contributed by atoms with van der Waals surface area (Å²) in [5, 5.41) is 5.88. The first kappa shape index (κ1) is 20.0. The van der Waals surface area contributed by atoms with E-state index < -0.39 is 10.0 Å². The summed E-state index contributed by atoms with van der Waals surface area (Å²) < 4.78 is 30.8. The maximum Gasteiger partial charge on any atom is 0.254 e. The van der Waals surface area contributed by atoms with E-state index in [9.17, 15) is 13.2 Å². The van der Waals surface area contributed by atoms with Crippen molar-refractivity contribution < 1.29 is 17.7 Å². The van der Waals surface area contributed by atoms with Crippen LogP contribution in [0.4, 0.5) is 5.69 Å².